The second kappa shape index (κ2) is 7.26. The number of halogens is 4. The number of aromatic nitrogens is 2. The molecule has 2 aromatic heterocycles. The minimum absolute atomic E-state index is 0.0859. The van der Waals surface area contributed by atoms with E-state index < -0.39 is 23.7 Å². The fourth-order valence-electron chi connectivity index (χ4n) is 3.08. The number of rotatable bonds is 4. The summed E-state index contributed by atoms with van der Waals surface area (Å²) < 4.78 is 59.7. The average molecular weight is 394 g/mol. The van der Waals surface area contributed by atoms with Gasteiger partial charge in [0.15, 0.2) is 0 Å². The number of ether oxygens (including phenoxy) is 1. The Bertz CT molecular complexity index is 1020. The molecule has 0 saturated carbocycles. The van der Waals surface area contributed by atoms with E-state index in [-0.39, 0.29) is 34.9 Å². The van der Waals surface area contributed by atoms with Crippen molar-refractivity contribution in [2.75, 3.05) is 6.61 Å². The first-order chi connectivity index (χ1) is 13.1. The molecule has 4 nitrogen and oxygen atoms in total. The van der Waals surface area contributed by atoms with Crippen molar-refractivity contribution in [2.24, 2.45) is 0 Å². The van der Waals surface area contributed by atoms with Crippen molar-refractivity contribution in [1.29, 1.82) is 0 Å². The van der Waals surface area contributed by atoms with Crippen LogP contribution in [0.4, 0.5) is 17.6 Å². The van der Waals surface area contributed by atoms with Gasteiger partial charge < -0.3 is 4.74 Å². The van der Waals surface area contributed by atoms with E-state index in [0.717, 1.165) is 10.6 Å². The number of benzene rings is 1. The first-order valence-corrected chi connectivity index (χ1v) is 8.71. The maximum absolute atomic E-state index is 13.4. The highest BCUT2D eigenvalue weighted by molar-refractivity contribution is 6.03. The Labute approximate surface area is 158 Å². The lowest BCUT2D eigenvalue weighted by molar-refractivity contribution is -0.142. The van der Waals surface area contributed by atoms with E-state index in [0.29, 0.717) is 5.56 Å². The molecule has 0 bridgehead atoms. The lowest BCUT2D eigenvalue weighted by atomic mass is 9.94. The highest BCUT2D eigenvalue weighted by Crippen LogP contribution is 2.37. The van der Waals surface area contributed by atoms with Gasteiger partial charge in [-0.3, -0.25) is 0 Å². The molecule has 148 valence electrons. The standard InChI is InChI=1S/C20H18F4N2O2/c1-4-28-19(27)17-16(12-5-7-13(21)8-6-12)14-9-10-15(20(22,23)24)26(14)25-18(17)11(2)3/h5-11H,4H2,1-3H3. The molecule has 2 heterocycles. The Morgan fingerprint density at radius 2 is 1.79 bits per heavy atom. The summed E-state index contributed by atoms with van der Waals surface area (Å²) in [4.78, 5) is 12.7. The molecule has 0 saturated heterocycles. The molecule has 0 unspecified atom stereocenters. The van der Waals surface area contributed by atoms with Crippen LogP contribution >= 0.6 is 0 Å². The van der Waals surface area contributed by atoms with Crippen LogP contribution in [0.2, 0.25) is 0 Å². The monoisotopic (exact) mass is 394 g/mol. The van der Waals surface area contributed by atoms with Gasteiger partial charge in [0.2, 0.25) is 0 Å². The number of carbonyl (C=O) groups excluding carboxylic acids is 1. The highest BCUT2D eigenvalue weighted by Gasteiger charge is 2.36. The Kier molecular flexibility index (Phi) is 5.14. The van der Waals surface area contributed by atoms with Crippen LogP contribution in [-0.2, 0) is 10.9 Å². The van der Waals surface area contributed by atoms with Crippen molar-refractivity contribution in [1.82, 2.24) is 9.61 Å². The first kappa shape index (κ1) is 19.9. The molecular formula is C20H18F4N2O2. The second-order valence-corrected chi connectivity index (χ2v) is 6.53. The van der Waals surface area contributed by atoms with E-state index >= 15 is 0 Å². The van der Waals surface area contributed by atoms with Crippen LogP contribution in [0.15, 0.2) is 36.4 Å². The minimum Gasteiger partial charge on any atom is -0.462 e. The summed E-state index contributed by atoms with van der Waals surface area (Å²) in [5, 5.41) is 4.13. The van der Waals surface area contributed by atoms with E-state index in [9.17, 15) is 22.4 Å². The third kappa shape index (κ3) is 3.46. The predicted molar refractivity (Wildman–Crippen MR) is 95.6 cm³/mol. The van der Waals surface area contributed by atoms with Crippen molar-refractivity contribution >= 4 is 11.5 Å². The lowest BCUT2D eigenvalue weighted by Gasteiger charge is -2.18. The predicted octanol–water partition coefficient (Wildman–Crippen LogP) is 5.46. The van der Waals surface area contributed by atoms with Gasteiger partial charge in [-0.05, 0) is 42.7 Å². The molecule has 28 heavy (non-hydrogen) atoms. The molecule has 0 amide bonds. The molecule has 0 fully saturated rings. The van der Waals surface area contributed by atoms with Gasteiger partial charge in [0.1, 0.15) is 11.5 Å². The van der Waals surface area contributed by atoms with Gasteiger partial charge in [0.05, 0.1) is 23.4 Å². The topological polar surface area (TPSA) is 43.6 Å². The molecule has 0 radical (unpaired) electrons. The number of fused-ring (bicyclic) bond motifs is 1. The largest absolute Gasteiger partial charge is 0.462 e. The van der Waals surface area contributed by atoms with E-state index in [4.69, 9.17) is 4.74 Å². The van der Waals surface area contributed by atoms with Crippen LogP contribution in [0.1, 0.15) is 48.4 Å². The third-order valence-corrected chi connectivity index (χ3v) is 4.28. The second-order valence-electron chi connectivity index (χ2n) is 6.53. The van der Waals surface area contributed by atoms with Crippen LogP contribution in [0.5, 0.6) is 0 Å². The molecular weight excluding hydrogens is 376 g/mol. The molecule has 0 aliphatic rings. The number of hydrogen-bond acceptors (Lipinski definition) is 3. The van der Waals surface area contributed by atoms with Crippen LogP contribution in [0, 0.1) is 5.82 Å². The van der Waals surface area contributed by atoms with Gasteiger partial charge in [-0.2, -0.15) is 18.3 Å². The van der Waals surface area contributed by atoms with Crippen molar-refractivity contribution < 1.29 is 27.1 Å². The molecule has 1 aromatic carbocycles. The van der Waals surface area contributed by atoms with Crippen LogP contribution in [0.25, 0.3) is 16.6 Å². The number of hydrogen-bond donors (Lipinski definition) is 0. The normalized spacial score (nSPS) is 12.0. The number of alkyl halides is 3. The quantitative estimate of drug-likeness (QED) is 0.436. The van der Waals surface area contributed by atoms with E-state index in [1.807, 2.05) is 0 Å². The van der Waals surface area contributed by atoms with Crippen molar-refractivity contribution in [2.45, 2.75) is 32.9 Å². The maximum atomic E-state index is 13.4. The SMILES string of the molecule is CCOC(=O)c1c(C(C)C)nn2c(C(F)(F)F)ccc2c1-c1ccc(F)cc1. The van der Waals surface area contributed by atoms with Gasteiger partial charge in [-0.1, -0.05) is 26.0 Å². The molecule has 0 atom stereocenters. The van der Waals surface area contributed by atoms with Gasteiger partial charge in [-0.15, -0.1) is 0 Å². The number of nitrogens with zero attached hydrogens (tertiary/aromatic N) is 2. The maximum Gasteiger partial charge on any atom is 0.433 e. The summed E-state index contributed by atoms with van der Waals surface area (Å²) in [6, 6.07) is 7.36. The van der Waals surface area contributed by atoms with Crippen molar-refractivity contribution in [3.05, 3.63) is 59.2 Å². The van der Waals surface area contributed by atoms with Crippen molar-refractivity contribution in [3.63, 3.8) is 0 Å². The van der Waals surface area contributed by atoms with Gasteiger partial charge in [-0.25, -0.2) is 13.7 Å². The van der Waals surface area contributed by atoms with Crippen LogP contribution in [-0.4, -0.2) is 22.2 Å². The Hall–Kier alpha value is -2.90. The van der Waals surface area contributed by atoms with E-state index in [1.165, 1.54) is 30.3 Å². The van der Waals surface area contributed by atoms with Crippen LogP contribution in [0.3, 0.4) is 0 Å². The third-order valence-electron chi connectivity index (χ3n) is 4.28. The van der Waals surface area contributed by atoms with Gasteiger partial charge >= 0.3 is 12.1 Å². The van der Waals surface area contributed by atoms with Gasteiger partial charge in [0.25, 0.3) is 0 Å². The molecule has 0 aliphatic heterocycles. The zero-order chi connectivity index (χ0) is 20.6. The van der Waals surface area contributed by atoms with Gasteiger partial charge in [0, 0.05) is 5.56 Å². The minimum atomic E-state index is -4.63. The zero-order valence-electron chi connectivity index (χ0n) is 15.5. The molecule has 0 N–H and O–H groups in total. The highest BCUT2D eigenvalue weighted by atomic mass is 19.4. The number of esters is 1. The Morgan fingerprint density at radius 3 is 2.32 bits per heavy atom. The van der Waals surface area contributed by atoms with E-state index in [1.54, 1.807) is 20.8 Å². The fraction of sp³-hybridized carbons (Fsp3) is 0.300. The molecule has 3 rings (SSSR count). The molecule has 3 aromatic rings. The fourth-order valence-corrected chi connectivity index (χ4v) is 3.08. The molecule has 0 aliphatic carbocycles. The zero-order valence-corrected chi connectivity index (χ0v) is 15.5. The summed E-state index contributed by atoms with van der Waals surface area (Å²) in [5.74, 6) is -1.54. The smallest absolute Gasteiger partial charge is 0.433 e. The van der Waals surface area contributed by atoms with E-state index in [2.05, 4.69) is 5.10 Å². The lowest BCUT2D eigenvalue weighted by Crippen LogP contribution is -2.18. The average Bonchev–Trinajstić information content (AvgIpc) is 3.05. The van der Waals surface area contributed by atoms with Crippen molar-refractivity contribution in [3.8, 4) is 11.1 Å². The van der Waals surface area contributed by atoms with Crippen LogP contribution < -0.4 is 0 Å². The summed E-state index contributed by atoms with van der Waals surface area (Å²) in [7, 11) is 0. The summed E-state index contributed by atoms with van der Waals surface area (Å²) in [6.45, 7) is 5.18. The summed E-state index contributed by atoms with van der Waals surface area (Å²) in [5.41, 5.74) is 0.0162. The summed E-state index contributed by atoms with van der Waals surface area (Å²) >= 11 is 0. The molecule has 0 spiro atoms. The Morgan fingerprint density at radius 1 is 1.14 bits per heavy atom. The summed E-state index contributed by atoms with van der Waals surface area (Å²) in [6.07, 6.45) is -4.63. The Balaban J connectivity index is 2.46. The molecule has 8 heteroatoms. The first-order valence-electron chi connectivity index (χ1n) is 8.71. The number of carbonyl (C=O) groups is 1.